The largest absolute Gasteiger partial charge is 0.444 e. The lowest BCUT2D eigenvalue weighted by molar-refractivity contribution is 0.0564. The van der Waals surface area contributed by atoms with Crippen LogP contribution in [0.15, 0.2) is 23.5 Å². The minimum Gasteiger partial charge on any atom is -0.444 e. The number of alkyl carbamates (subject to hydrolysis) is 1. The summed E-state index contributed by atoms with van der Waals surface area (Å²) in [4.78, 5) is 20.7. The standard InChI is InChI=1S/C15H22N4O2S/c1-14(2,3)21-13(20)18-12-19-15(4,5-6-22-12)10-7-11(16)9-17-8-10/h7-9H,5-6,16H2,1-4H3,(H,18,19,20)/t15-/m0/s1. The normalized spacial score (nSPS) is 21.9. The van der Waals surface area contributed by atoms with Crippen molar-refractivity contribution in [3.8, 4) is 0 Å². The number of thioether (sulfide) groups is 1. The van der Waals surface area contributed by atoms with Gasteiger partial charge in [0.05, 0.1) is 11.2 Å². The number of carbonyl (C=O) groups excluding carboxylic acids is 1. The summed E-state index contributed by atoms with van der Waals surface area (Å²) in [5, 5.41) is 3.28. The minimum atomic E-state index is -0.537. The molecule has 7 heteroatoms. The number of amides is 1. The first-order chi connectivity index (χ1) is 10.2. The van der Waals surface area contributed by atoms with Crippen LogP contribution in [0.5, 0.6) is 0 Å². The number of amidine groups is 1. The van der Waals surface area contributed by atoms with E-state index in [1.54, 1.807) is 12.4 Å². The molecule has 2 rings (SSSR count). The van der Waals surface area contributed by atoms with Crippen molar-refractivity contribution in [2.75, 3.05) is 11.5 Å². The summed E-state index contributed by atoms with van der Waals surface area (Å²) in [7, 11) is 0. The third-order valence-corrected chi connectivity index (χ3v) is 4.04. The maximum atomic E-state index is 11.9. The number of carbonyl (C=O) groups is 1. The summed E-state index contributed by atoms with van der Waals surface area (Å²) in [6, 6.07) is 1.87. The second-order valence-corrected chi connectivity index (χ2v) is 7.51. The number of anilines is 1. The van der Waals surface area contributed by atoms with Gasteiger partial charge >= 0.3 is 6.09 Å². The van der Waals surface area contributed by atoms with E-state index in [2.05, 4.69) is 15.3 Å². The predicted molar refractivity (Wildman–Crippen MR) is 89.9 cm³/mol. The average Bonchev–Trinajstić information content (AvgIpc) is 2.36. The molecule has 0 radical (unpaired) electrons. The van der Waals surface area contributed by atoms with E-state index in [9.17, 15) is 4.79 Å². The van der Waals surface area contributed by atoms with Gasteiger partial charge in [0.15, 0.2) is 5.17 Å². The van der Waals surface area contributed by atoms with Gasteiger partial charge in [-0.05, 0) is 45.7 Å². The van der Waals surface area contributed by atoms with Crippen LogP contribution in [0.3, 0.4) is 0 Å². The highest BCUT2D eigenvalue weighted by molar-refractivity contribution is 8.13. The SMILES string of the molecule is CC(C)(C)OC(=O)NC1=N[C@](C)(c2cncc(N)c2)CCS1. The van der Waals surface area contributed by atoms with Crippen molar-refractivity contribution in [3.05, 3.63) is 24.0 Å². The van der Waals surface area contributed by atoms with E-state index in [0.717, 1.165) is 17.7 Å². The molecule has 0 aliphatic carbocycles. The first-order valence-corrected chi connectivity index (χ1v) is 8.10. The molecule has 1 aromatic heterocycles. The van der Waals surface area contributed by atoms with Crippen LogP contribution in [-0.4, -0.2) is 27.6 Å². The number of nitrogens with two attached hydrogens (primary N) is 1. The second kappa shape index (κ2) is 6.16. The second-order valence-electron chi connectivity index (χ2n) is 6.42. The molecule has 0 bridgehead atoms. The molecule has 0 unspecified atom stereocenters. The average molecular weight is 322 g/mol. The molecule has 1 amide bonds. The molecule has 1 aromatic rings. The van der Waals surface area contributed by atoms with E-state index in [4.69, 9.17) is 10.5 Å². The van der Waals surface area contributed by atoms with Gasteiger partial charge in [-0.1, -0.05) is 11.8 Å². The van der Waals surface area contributed by atoms with E-state index < -0.39 is 17.2 Å². The Kier molecular flexibility index (Phi) is 4.65. The van der Waals surface area contributed by atoms with Gasteiger partial charge in [0.2, 0.25) is 0 Å². The zero-order valence-electron chi connectivity index (χ0n) is 13.3. The summed E-state index contributed by atoms with van der Waals surface area (Å²) in [5.74, 6) is 0.847. The summed E-state index contributed by atoms with van der Waals surface area (Å²) in [5.41, 5.74) is 6.37. The monoisotopic (exact) mass is 322 g/mol. The van der Waals surface area contributed by atoms with Crippen molar-refractivity contribution in [3.63, 3.8) is 0 Å². The highest BCUT2D eigenvalue weighted by Crippen LogP contribution is 2.35. The summed E-state index contributed by atoms with van der Waals surface area (Å²) < 4.78 is 5.26. The van der Waals surface area contributed by atoms with Crippen LogP contribution in [-0.2, 0) is 10.3 Å². The molecule has 1 aliphatic rings. The van der Waals surface area contributed by atoms with Crippen LogP contribution in [0.2, 0.25) is 0 Å². The number of nitrogens with zero attached hydrogens (tertiary/aromatic N) is 2. The maximum Gasteiger partial charge on any atom is 0.413 e. The fourth-order valence-corrected chi connectivity index (χ4v) is 3.19. The van der Waals surface area contributed by atoms with Gasteiger partial charge in [-0.15, -0.1) is 0 Å². The molecule has 0 aromatic carbocycles. The van der Waals surface area contributed by atoms with E-state index in [0.29, 0.717) is 10.9 Å². The third-order valence-electron chi connectivity index (χ3n) is 3.17. The molecule has 0 saturated heterocycles. The van der Waals surface area contributed by atoms with E-state index >= 15 is 0 Å². The van der Waals surface area contributed by atoms with Crippen molar-refractivity contribution in [2.45, 2.75) is 45.3 Å². The maximum absolute atomic E-state index is 11.9. The van der Waals surface area contributed by atoms with Crippen LogP contribution in [0.4, 0.5) is 10.5 Å². The topological polar surface area (TPSA) is 89.6 Å². The smallest absolute Gasteiger partial charge is 0.413 e. The molecule has 0 fully saturated rings. The molecule has 0 spiro atoms. The van der Waals surface area contributed by atoms with Crippen LogP contribution in [0, 0.1) is 0 Å². The summed E-state index contributed by atoms with van der Waals surface area (Å²) >= 11 is 1.51. The minimum absolute atomic E-state index is 0.446. The molecule has 6 nitrogen and oxygen atoms in total. The molecular formula is C15H22N4O2S. The van der Waals surface area contributed by atoms with E-state index in [-0.39, 0.29) is 0 Å². The van der Waals surface area contributed by atoms with Gasteiger partial charge in [0, 0.05) is 18.1 Å². The number of rotatable bonds is 1. The van der Waals surface area contributed by atoms with Crippen molar-refractivity contribution < 1.29 is 9.53 Å². The molecule has 3 N–H and O–H groups in total. The zero-order chi connectivity index (χ0) is 16.4. The fourth-order valence-electron chi connectivity index (χ4n) is 2.07. The number of pyridine rings is 1. The molecule has 120 valence electrons. The molecule has 1 atom stereocenters. The zero-order valence-corrected chi connectivity index (χ0v) is 14.2. The lowest BCUT2D eigenvalue weighted by Crippen LogP contribution is -2.38. The lowest BCUT2D eigenvalue weighted by Gasteiger charge is -2.30. The van der Waals surface area contributed by atoms with Gasteiger partial charge < -0.3 is 10.5 Å². The number of aliphatic imine (C=N–C) groups is 1. The Labute approximate surface area is 134 Å². The first kappa shape index (κ1) is 16.6. The first-order valence-electron chi connectivity index (χ1n) is 7.12. The Morgan fingerprint density at radius 3 is 2.82 bits per heavy atom. The third kappa shape index (κ3) is 4.37. The molecule has 1 aliphatic heterocycles. The Balaban J connectivity index is 2.16. The quantitative estimate of drug-likeness (QED) is 0.830. The van der Waals surface area contributed by atoms with Gasteiger partial charge in [-0.3, -0.25) is 15.3 Å². The van der Waals surface area contributed by atoms with Crippen LogP contribution in [0.1, 0.15) is 39.7 Å². The molecule has 2 heterocycles. The van der Waals surface area contributed by atoms with Crippen LogP contribution >= 0.6 is 11.8 Å². The predicted octanol–water partition coefficient (Wildman–Crippen LogP) is 2.90. The summed E-state index contributed by atoms with van der Waals surface area (Å²) in [6.45, 7) is 7.49. The number of nitrogen functional groups attached to an aromatic ring is 1. The highest BCUT2D eigenvalue weighted by Gasteiger charge is 2.31. The van der Waals surface area contributed by atoms with Crippen LogP contribution in [0.25, 0.3) is 0 Å². The highest BCUT2D eigenvalue weighted by atomic mass is 32.2. The van der Waals surface area contributed by atoms with Crippen LogP contribution < -0.4 is 11.1 Å². The number of nitrogens with one attached hydrogen (secondary N) is 1. The van der Waals surface area contributed by atoms with E-state index in [1.807, 2.05) is 33.8 Å². The van der Waals surface area contributed by atoms with Crippen molar-refractivity contribution in [2.24, 2.45) is 4.99 Å². The Bertz CT molecular complexity index is 597. The number of hydrogen-bond donors (Lipinski definition) is 2. The van der Waals surface area contributed by atoms with E-state index in [1.165, 1.54) is 11.8 Å². The molecule has 0 saturated carbocycles. The van der Waals surface area contributed by atoms with Crippen molar-refractivity contribution in [1.82, 2.24) is 10.3 Å². The fraction of sp³-hybridized carbons (Fsp3) is 0.533. The molecular weight excluding hydrogens is 300 g/mol. The van der Waals surface area contributed by atoms with Gasteiger partial charge in [0.1, 0.15) is 5.60 Å². The lowest BCUT2D eigenvalue weighted by atomic mass is 9.91. The number of aromatic nitrogens is 1. The Morgan fingerprint density at radius 1 is 1.45 bits per heavy atom. The summed E-state index contributed by atoms with van der Waals surface area (Å²) in [6.07, 6.45) is 3.73. The molecule has 22 heavy (non-hydrogen) atoms. The van der Waals surface area contributed by atoms with Crippen molar-refractivity contribution in [1.29, 1.82) is 0 Å². The Hall–Kier alpha value is -1.76. The van der Waals surface area contributed by atoms with Crippen molar-refractivity contribution >= 4 is 28.7 Å². The number of hydrogen-bond acceptors (Lipinski definition) is 6. The van der Waals surface area contributed by atoms with Gasteiger partial charge in [-0.2, -0.15) is 0 Å². The van der Waals surface area contributed by atoms with Gasteiger partial charge in [0.25, 0.3) is 0 Å². The Morgan fingerprint density at radius 2 is 2.18 bits per heavy atom. The number of ether oxygens (including phenoxy) is 1. The van der Waals surface area contributed by atoms with Gasteiger partial charge in [-0.25, -0.2) is 4.79 Å².